The smallest absolute Gasteiger partial charge is 0.435 e. The van der Waals surface area contributed by atoms with Crippen LogP contribution in [0.2, 0.25) is 0 Å². The number of aromatic nitrogens is 1. The molecule has 0 radical (unpaired) electrons. The topological polar surface area (TPSA) is 65.5 Å². The fourth-order valence-corrected chi connectivity index (χ4v) is 2.79. The summed E-state index contributed by atoms with van der Waals surface area (Å²) in [6.07, 6.45) is -4.73. The number of hydrogen-bond acceptors (Lipinski definition) is 5. The molecule has 0 amide bonds. The van der Waals surface area contributed by atoms with Gasteiger partial charge < -0.3 is 10.4 Å². The average Bonchev–Trinajstić information content (AvgIpc) is 2.74. The van der Waals surface area contributed by atoms with Gasteiger partial charge in [-0.2, -0.15) is 13.2 Å². The van der Waals surface area contributed by atoms with Crippen molar-refractivity contribution in [1.82, 2.24) is 15.2 Å². The number of nitrogens with one attached hydrogen (secondary N) is 1. The molecule has 106 valence electrons. The third-order valence-electron chi connectivity index (χ3n) is 2.70. The van der Waals surface area contributed by atoms with Crippen LogP contribution in [0.5, 0.6) is 0 Å². The van der Waals surface area contributed by atoms with Crippen LogP contribution in [-0.4, -0.2) is 47.1 Å². The van der Waals surface area contributed by atoms with Crippen molar-refractivity contribution in [2.24, 2.45) is 0 Å². The molecule has 0 saturated carbocycles. The molecule has 1 aliphatic rings. The van der Waals surface area contributed by atoms with E-state index in [2.05, 4.69) is 10.3 Å². The Morgan fingerprint density at radius 2 is 2.05 bits per heavy atom. The van der Waals surface area contributed by atoms with Gasteiger partial charge in [-0.15, -0.1) is 11.3 Å². The van der Waals surface area contributed by atoms with Gasteiger partial charge in [-0.3, -0.25) is 4.90 Å². The second kappa shape index (κ2) is 5.43. The van der Waals surface area contributed by atoms with Crippen molar-refractivity contribution in [2.45, 2.75) is 12.7 Å². The van der Waals surface area contributed by atoms with E-state index in [9.17, 15) is 18.0 Å². The van der Waals surface area contributed by atoms with E-state index < -0.39 is 22.7 Å². The van der Waals surface area contributed by atoms with E-state index in [1.807, 2.05) is 4.90 Å². The predicted molar refractivity (Wildman–Crippen MR) is 62.2 cm³/mol. The van der Waals surface area contributed by atoms with Gasteiger partial charge in [0.15, 0.2) is 5.69 Å². The van der Waals surface area contributed by atoms with Crippen molar-refractivity contribution in [3.8, 4) is 0 Å². The highest BCUT2D eigenvalue weighted by atomic mass is 32.1. The maximum atomic E-state index is 12.7. The SMILES string of the molecule is O=C(O)c1sc(CN2CCNCC2)nc1C(F)(F)F. The summed E-state index contributed by atoms with van der Waals surface area (Å²) >= 11 is 0.595. The number of alkyl halides is 3. The van der Waals surface area contributed by atoms with Gasteiger partial charge in [-0.25, -0.2) is 9.78 Å². The second-order valence-electron chi connectivity index (χ2n) is 4.11. The Kier molecular flexibility index (Phi) is 4.07. The van der Waals surface area contributed by atoms with E-state index >= 15 is 0 Å². The summed E-state index contributed by atoms with van der Waals surface area (Å²) in [6.45, 7) is 3.21. The maximum absolute atomic E-state index is 12.7. The molecule has 1 aromatic heterocycles. The van der Waals surface area contributed by atoms with Gasteiger partial charge >= 0.3 is 12.1 Å². The van der Waals surface area contributed by atoms with Crippen molar-refractivity contribution in [2.75, 3.05) is 26.2 Å². The molecule has 1 aliphatic heterocycles. The Morgan fingerprint density at radius 3 is 2.53 bits per heavy atom. The van der Waals surface area contributed by atoms with Gasteiger partial charge in [-0.1, -0.05) is 0 Å². The van der Waals surface area contributed by atoms with E-state index in [4.69, 9.17) is 5.11 Å². The summed E-state index contributed by atoms with van der Waals surface area (Å²) in [5.74, 6) is -1.59. The van der Waals surface area contributed by atoms with Crippen LogP contribution in [0.3, 0.4) is 0 Å². The number of carboxylic acids is 1. The first-order chi connectivity index (χ1) is 8.88. The van der Waals surface area contributed by atoms with Crippen LogP contribution in [0.1, 0.15) is 20.4 Å². The molecule has 9 heteroatoms. The zero-order chi connectivity index (χ0) is 14.0. The van der Waals surface area contributed by atoms with E-state index in [1.54, 1.807) is 0 Å². The number of hydrogen-bond donors (Lipinski definition) is 2. The first-order valence-corrected chi connectivity index (χ1v) is 6.43. The molecule has 1 saturated heterocycles. The van der Waals surface area contributed by atoms with Crippen LogP contribution < -0.4 is 5.32 Å². The van der Waals surface area contributed by atoms with Crippen LogP contribution in [0.4, 0.5) is 13.2 Å². The number of carbonyl (C=O) groups is 1. The third-order valence-corrected chi connectivity index (χ3v) is 3.73. The van der Waals surface area contributed by atoms with Crippen LogP contribution in [0, 0.1) is 0 Å². The number of carboxylic acid groups (broad SMARTS) is 1. The molecule has 0 aliphatic carbocycles. The van der Waals surface area contributed by atoms with Crippen LogP contribution in [0.25, 0.3) is 0 Å². The van der Waals surface area contributed by atoms with E-state index in [-0.39, 0.29) is 11.6 Å². The lowest BCUT2D eigenvalue weighted by atomic mass is 10.3. The third kappa shape index (κ3) is 3.43. The number of piperazine rings is 1. The molecule has 1 fully saturated rings. The fraction of sp³-hybridized carbons (Fsp3) is 0.600. The number of aromatic carboxylic acids is 1. The lowest BCUT2D eigenvalue weighted by molar-refractivity contribution is -0.141. The van der Waals surface area contributed by atoms with Gasteiger partial charge in [0.25, 0.3) is 0 Å². The summed E-state index contributed by atoms with van der Waals surface area (Å²) in [7, 11) is 0. The lowest BCUT2D eigenvalue weighted by Gasteiger charge is -2.26. The molecule has 0 aromatic carbocycles. The zero-order valence-electron chi connectivity index (χ0n) is 9.83. The normalized spacial score (nSPS) is 17.6. The van der Waals surface area contributed by atoms with Crippen molar-refractivity contribution < 1.29 is 23.1 Å². The van der Waals surface area contributed by atoms with Gasteiger partial charge in [0.1, 0.15) is 9.88 Å². The highest BCUT2D eigenvalue weighted by molar-refractivity contribution is 7.13. The van der Waals surface area contributed by atoms with Gasteiger partial charge in [-0.05, 0) is 0 Å². The molecule has 2 heterocycles. The molecule has 1 aromatic rings. The Bertz CT molecular complexity index is 469. The molecule has 0 spiro atoms. The zero-order valence-corrected chi connectivity index (χ0v) is 10.6. The lowest BCUT2D eigenvalue weighted by Crippen LogP contribution is -2.42. The summed E-state index contributed by atoms with van der Waals surface area (Å²) in [6, 6.07) is 0. The van der Waals surface area contributed by atoms with Crippen LogP contribution >= 0.6 is 11.3 Å². The van der Waals surface area contributed by atoms with Crippen molar-refractivity contribution in [3.05, 3.63) is 15.6 Å². The summed E-state index contributed by atoms with van der Waals surface area (Å²) in [5, 5.41) is 12.1. The van der Waals surface area contributed by atoms with Crippen molar-refractivity contribution in [3.63, 3.8) is 0 Å². The summed E-state index contributed by atoms with van der Waals surface area (Å²) < 4.78 is 38.0. The largest absolute Gasteiger partial charge is 0.477 e. The van der Waals surface area contributed by atoms with E-state index in [0.717, 1.165) is 13.1 Å². The first kappa shape index (κ1) is 14.2. The molecule has 5 nitrogen and oxygen atoms in total. The second-order valence-corrected chi connectivity index (χ2v) is 5.20. The van der Waals surface area contributed by atoms with E-state index in [0.29, 0.717) is 24.4 Å². The number of thiazole rings is 1. The Labute approximate surface area is 111 Å². The number of halogens is 3. The molecule has 0 atom stereocenters. The van der Waals surface area contributed by atoms with Gasteiger partial charge in [0.05, 0.1) is 6.54 Å². The minimum Gasteiger partial charge on any atom is -0.477 e. The van der Waals surface area contributed by atoms with Gasteiger partial charge in [0, 0.05) is 26.2 Å². The number of nitrogens with zero attached hydrogens (tertiary/aromatic N) is 2. The average molecular weight is 295 g/mol. The van der Waals surface area contributed by atoms with E-state index in [1.165, 1.54) is 0 Å². The summed E-state index contributed by atoms with van der Waals surface area (Å²) in [5.41, 5.74) is -1.30. The van der Waals surface area contributed by atoms with Crippen molar-refractivity contribution >= 4 is 17.3 Å². The highest BCUT2D eigenvalue weighted by Gasteiger charge is 2.39. The molecule has 2 N–H and O–H groups in total. The fourth-order valence-electron chi connectivity index (χ4n) is 1.83. The number of rotatable bonds is 3. The maximum Gasteiger partial charge on any atom is 0.435 e. The van der Waals surface area contributed by atoms with Crippen LogP contribution in [0.15, 0.2) is 0 Å². The standard InChI is InChI=1S/C10H12F3N3O2S/c11-10(12,13)8-7(9(17)18)19-6(15-8)5-16-3-1-14-2-4-16/h14H,1-5H2,(H,17,18). The summed E-state index contributed by atoms with van der Waals surface area (Å²) in [4.78, 5) is 15.5. The predicted octanol–water partition coefficient (Wildman–Crippen LogP) is 1.27. The molecule has 0 unspecified atom stereocenters. The molecule has 0 bridgehead atoms. The minimum atomic E-state index is -4.73. The highest BCUT2D eigenvalue weighted by Crippen LogP contribution is 2.34. The quantitative estimate of drug-likeness (QED) is 0.879. The first-order valence-electron chi connectivity index (χ1n) is 5.61. The Hall–Kier alpha value is -1.19. The minimum absolute atomic E-state index is 0.187. The molecular formula is C10H12F3N3O2S. The Balaban J connectivity index is 2.20. The van der Waals surface area contributed by atoms with Crippen molar-refractivity contribution in [1.29, 1.82) is 0 Å². The molecule has 19 heavy (non-hydrogen) atoms. The molecular weight excluding hydrogens is 283 g/mol. The Morgan fingerprint density at radius 1 is 1.42 bits per heavy atom. The monoisotopic (exact) mass is 295 g/mol. The molecule has 2 rings (SSSR count). The van der Waals surface area contributed by atoms with Gasteiger partial charge in [0.2, 0.25) is 0 Å². The van der Waals surface area contributed by atoms with Crippen LogP contribution in [-0.2, 0) is 12.7 Å².